The van der Waals surface area contributed by atoms with Crippen LogP contribution in [-0.4, -0.2) is 36.0 Å². The first kappa shape index (κ1) is 19.8. The highest BCUT2D eigenvalue weighted by molar-refractivity contribution is 8.01. The molecule has 0 spiro atoms. The number of nitrogens with one attached hydrogen (secondary N) is 1. The molecule has 3 aliphatic heterocycles. The second-order valence-electron chi connectivity index (χ2n) is 7.36. The van der Waals surface area contributed by atoms with Crippen molar-refractivity contribution >= 4 is 29.0 Å². The molecule has 0 radical (unpaired) electrons. The van der Waals surface area contributed by atoms with Crippen molar-refractivity contribution < 1.29 is 18.0 Å². The van der Waals surface area contributed by atoms with E-state index in [1.165, 1.54) is 17.8 Å². The summed E-state index contributed by atoms with van der Waals surface area (Å²) in [6.45, 7) is 4.40. The Bertz CT molecular complexity index is 840. The first-order chi connectivity index (χ1) is 13.3. The molecule has 1 amide bonds. The molecule has 150 valence electrons. The van der Waals surface area contributed by atoms with E-state index in [-0.39, 0.29) is 11.9 Å². The number of alkyl halides is 3. The minimum atomic E-state index is -4.31. The molecule has 3 nitrogen and oxygen atoms in total. The topological polar surface area (TPSA) is 32.3 Å². The van der Waals surface area contributed by atoms with Crippen molar-refractivity contribution in [2.45, 2.75) is 47.1 Å². The number of carbonyl (C=O) groups is 1. The van der Waals surface area contributed by atoms with Crippen molar-refractivity contribution in [1.82, 2.24) is 10.2 Å². The molecular weight excluding hydrogens is 405 g/mol. The fourth-order valence-electron chi connectivity index (χ4n) is 4.10. The minimum Gasteiger partial charge on any atom is -0.347 e. The lowest BCUT2D eigenvalue weighted by atomic mass is 9.79. The van der Waals surface area contributed by atoms with Crippen molar-refractivity contribution in [2.24, 2.45) is 5.92 Å². The monoisotopic (exact) mass is 426 g/mol. The molecule has 3 aliphatic rings. The van der Waals surface area contributed by atoms with Gasteiger partial charge in [-0.05, 0) is 75.2 Å². The summed E-state index contributed by atoms with van der Waals surface area (Å²) in [5, 5.41) is 3.20. The van der Waals surface area contributed by atoms with Crippen LogP contribution in [-0.2, 0) is 6.18 Å². The number of halogens is 3. The van der Waals surface area contributed by atoms with Crippen molar-refractivity contribution in [1.29, 1.82) is 0 Å². The van der Waals surface area contributed by atoms with Crippen molar-refractivity contribution in [3.63, 3.8) is 0 Å². The molecule has 2 bridgehead atoms. The van der Waals surface area contributed by atoms with E-state index < -0.39 is 11.1 Å². The number of amides is 1. The summed E-state index contributed by atoms with van der Waals surface area (Å²) in [6.07, 6.45) is -2.05. The van der Waals surface area contributed by atoms with Gasteiger partial charge in [-0.2, -0.15) is 13.2 Å². The largest absolute Gasteiger partial charge is 0.425 e. The molecule has 1 N–H and O–H groups in total. The molecule has 3 saturated heterocycles. The van der Waals surface area contributed by atoms with Gasteiger partial charge in [-0.25, -0.2) is 0 Å². The standard InChI is InChI=1S/C20H21F3N2OS2/c1-12-18(13-8-10-25(12)11-9-13)24-19(26)14-2-4-15(5-3-14)27-17-7-6-16(28-17)20(21,22)23/h2-7,12-13,18H,8-11H2,1H3,(H,24,26)/t12-,18-/m0/s1. The van der Waals surface area contributed by atoms with Gasteiger partial charge in [-0.1, -0.05) is 11.8 Å². The first-order valence-electron chi connectivity index (χ1n) is 9.31. The number of fused-ring (bicyclic) bond motifs is 3. The van der Waals surface area contributed by atoms with E-state index in [0.717, 1.165) is 48.2 Å². The van der Waals surface area contributed by atoms with Crippen LogP contribution in [0.15, 0.2) is 45.5 Å². The maximum atomic E-state index is 12.7. The number of hydrogen-bond donors (Lipinski definition) is 1. The molecule has 5 rings (SSSR count). The summed E-state index contributed by atoms with van der Waals surface area (Å²) in [5.74, 6) is 0.457. The van der Waals surface area contributed by atoms with Crippen LogP contribution in [0.1, 0.15) is 35.0 Å². The van der Waals surface area contributed by atoms with Crippen LogP contribution < -0.4 is 5.32 Å². The first-order valence-corrected chi connectivity index (χ1v) is 10.9. The number of benzene rings is 1. The summed E-state index contributed by atoms with van der Waals surface area (Å²) < 4.78 is 38.7. The summed E-state index contributed by atoms with van der Waals surface area (Å²) in [7, 11) is 0. The molecule has 3 fully saturated rings. The number of piperidine rings is 3. The molecule has 8 heteroatoms. The lowest BCUT2D eigenvalue weighted by Gasteiger charge is -2.49. The van der Waals surface area contributed by atoms with Crippen molar-refractivity contribution in [3.8, 4) is 0 Å². The van der Waals surface area contributed by atoms with Gasteiger partial charge in [-0.15, -0.1) is 11.3 Å². The van der Waals surface area contributed by atoms with Gasteiger partial charge in [0.05, 0.1) is 4.21 Å². The van der Waals surface area contributed by atoms with Crippen LogP contribution in [0.2, 0.25) is 0 Å². The van der Waals surface area contributed by atoms with Crippen LogP contribution in [0.4, 0.5) is 13.2 Å². The van der Waals surface area contributed by atoms with Crippen LogP contribution in [0.25, 0.3) is 0 Å². The van der Waals surface area contributed by atoms with E-state index in [1.54, 1.807) is 24.3 Å². The number of hydrogen-bond acceptors (Lipinski definition) is 4. The Kier molecular flexibility index (Phi) is 5.46. The lowest BCUT2D eigenvalue weighted by molar-refractivity contribution is -0.134. The van der Waals surface area contributed by atoms with Gasteiger partial charge in [-0.3, -0.25) is 9.69 Å². The SMILES string of the molecule is C[C@H]1[C@H](NC(=O)c2ccc(Sc3ccc(C(F)(F)F)s3)cc2)C2CCN1CC2. The molecule has 1 aromatic carbocycles. The van der Waals surface area contributed by atoms with E-state index in [1.807, 2.05) is 0 Å². The minimum absolute atomic E-state index is 0.0855. The third-order valence-corrected chi connectivity index (χ3v) is 7.94. The molecule has 0 saturated carbocycles. The fourth-order valence-corrected chi connectivity index (χ4v) is 6.07. The smallest absolute Gasteiger partial charge is 0.347 e. The molecule has 2 atom stereocenters. The van der Waals surface area contributed by atoms with Gasteiger partial charge in [0.1, 0.15) is 4.88 Å². The highest BCUT2D eigenvalue weighted by atomic mass is 32.2. The van der Waals surface area contributed by atoms with E-state index in [0.29, 0.717) is 21.7 Å². The fraction of sp³-hybridized carbons (Fsp3) is 0.450. The normalized spacial score (nSPS) is 27.0. The lowest BCUT2D eigenvalue weighted by Crippen LogP contribution is -2.62. The average Bonchev–Trinajstić information content (AvgIpc) is 3.14. The number of carbonyl (C=O) groups excluding carboxylic acids is 1. The maximum Gasteiger partial charge on any atom is 0.425 e. The van der Waals surface area contributed by atoms with Gasteiger partial charge in [0.2, 0.25) is 0 Å². The van der Waals surface area contributed by atoms with E-state index in [2.05, 4.69) is 17.1 Å². The Morgan fingerprint density at radius 1 is 1.14 bits per heavy atom. The van der Waals surface area contributed by atoms with Crippen LogP contribution in [0.3, 0.4) is 0 Å². The number of thiophene rings is 1. The summed E-state index contributed by atoms with van der Waals surface area (Å²) in [4.78, 5) is 15.3. The third kappa shape index (κ3) is 4.09. The maximum absolute atomic E-state index is 12.7. The van der Waals surface area contributed by atoms with Gasteiger partial charge in [0.25, 0.3) is 5.91 Å². The Morgan fingerprint density at radius 3 is 2.39 bits per heavy atom. The molecule has 0 aliphatic carbocycles. The Labute approximate surface area is 170 Å². The zero-order valence-corrected chi connectivity index (χ0v) is 17.0. The molecular formula is C20H21F3N2OS2. The van der Waals surface area contributed by atoms with Gasteiger partial charge < -0.3 is 5.32 Å². The highest BCUT2D eigenvalue weighted by Crippen LogP contribution is 2.40. The Morgan fingerprint density at radius 2 is 1.82 bits per heavy atom. The quantitative estimate of drug-likeness (QED) is 0.736. The second kappa shape index (κ2) is 7.72. The van der Waals surface area contributed by atoms with Crippen LogP contribution in [0, 0.1) is 5.92 Å². The third-order valence-electron chi connectivity index (χ3n) is 5.67. The number of rotatable bonds is 4. The Hall–Kier alpha value is -1.51. The van der Waals surface area contributed by atoms with Gasteiger partial charge in [0.15, 0.2) is 0 Å². The van der Waals surface area contributed by atoms with Crippen molar-refractivity contribution in [2.75, 3.05) is 13.1 Å². The Balaban J connectivity index is 1.39. The van der Waals surface area contributed by atoms with Gasteiger partial charge in [0, 0.05) is 22.5 Å². The highest BCUT2D eigenvalue weighted by Gasteiger charge is 2.40. The van der Waals surface area contributed by atoms with Crippen LogP contribution in [0.5, 0.6) is 0 Å². The molecule has 1 aromatic heterocycles. The van der Waals surface area contributed by atoms with Crippen molar-refractivity contribution in [3.05, 3.63) is 46.8 Å². The zero-order valence-electron chi connectivity index (χ0n) is 15.3. The number of nitrogens with zero attached hydrogens (tertiary/aromatic N) is 1. The predicted molar refractivity (Wildman–Crippen MR) is 105 cm³/mol. The summed E-state index contributed by atoms with van der Waals surface area (Å²) >= 11 is 2.00. The van der Waals surface area contributed by atoms with Gasteiger partial charge >= 0.3 is 6.18 Å². The predicted octanol–water partition coefficient (Wildman–Crippen LogP) is 5.13. The summed E-state index contributed by atoms with van der Waals surface area (Å²) in [5.41, 5.74) is 0.579. The van der Waals surface area contributed by atoms with Crippen LogP contribution >= 0.6 is 23.1 Å². The average molecular weight is 427 g/mol. The molecule has 4 heterocycles. The molecule has 2 aromatic rings. The molecule has 28 heavy (non-hydrogen) atoms. The van der Waals surface area contributed by atoms with E-state index in [9.17, 15) is 18.0 Å². The molecule has 0 unspecified atom stereocenters. The second-order valence-corrected chi connectivity index (χ2v) is 9.81. The van der Waals surface area contributed by atoms with E-state index in [4.69, 9.17) is 0 Å². The van der Waals surface area contributed by atoms with E-state index >= 15 is 0 Å². The zero-order chi connectivity index (χ0) is 19.9. The summed E-state index contributed by atoms with van der Waals surface area (Å²) in [6, 6.07) is 10.2.